The van der Waals surface area contributed by atoms with Gasteiger partial charge in [-0.25, -0.2) is 13.1 Å². The lowest BCUT2D eigenvalue weighted by atomic mass is 10.0. The van der Waals surface area contributed by atoms with Crippen molar-refractivity contribution in [3.05, 3.63) is 74.5 Å². The second kappa shape index (κ2) is 7.23. The van der Waals surface area contributed by atoms with Crippen molar-refractivity contribution < 1.29 is 8.42 Å². The maximum atomic E-state index is 12.3. The van der Waals surface area contributed by atoms with Crippen LogP contribution in [0.2, 0.25) is 5.02 Å². The van der Waals surface area contributed by atoms with Gasteiger partial charge in [0.2, 0.25) is 10.0 Å². The molecule has 5 nitrogen and oxygen atoms in total. The van der Waals surface area contributed by atoms with Gasteiger partial charge in [0.25, 0.3) is 5.56 Å². The number of hydrogen-bond acceptors (Lipinski definition) is 3. The zero-order chi connectivity index (χ0) is 18.9. The van der Waals surface area contributed by atoms with Gasteiger partial charge in [-0.05, 0) is 61.0 Å². The minimum absolute atomic E-state index is 0.100. The van der Waals surface area contributed by atoms with Crippen LogP contribution in [-0.2, 0) is 16.4 Å². The first kappa shape index (κ1) is 18.6. The zero-order valence-corrected chi connectivity index (χ0v) is 16.0. The molecule has 0 bridgehead atoms. The maximum Gasteiger partial charge on any atom is 0.251 e. The summed E-state index contributed by atoms with van der Waals surface area (Å²) in [5.74, 6) is 0. The number of aryl methyl sites for hydroxylation is 2. The van der Waals surface area contributed by atoms with Crippen LogP contribution in [0.3, 0.4) is 0 Å². The molecule has 26 heavy (non-hydrogen) atoms. The number of pyridine rings is 1. The summed E-state index contributed by atoms with van der Waals surface area (Å²) >= 11 is 5.84. The Labute approximate surface area is 157 Å². The van der Waals surface area contributed by atoms with Crippen molar-refractivity contribution in [2.45, 2.75) is 25.2 Å². The summed E-state index contributed by atoms with van der Waals surface area (Å²) in [5.41, 5.74) is 3.30. The summed E-state index contributed by atoms with van der Waals surface area (Å²) in [6, 6.07) is 11.8. The molecule has 0 atom stereocenters. The van der Waals surface area contributed by atoms with E-state index in [4.69, 9.17) is 11.6 Å². The SMILES string of the molecule is Cc1ccc2cc(CCNS(=O)(=O)c3cccc(Cl)c3)c(=O)[nH]c2c1C. The Balaban J connectivity index is 1.79. The summed E-state index contributed by atoms with van der Waals surface area (Å²) in [7, 11) is -3.67. The predicted molar refractivity (Wildman–Crippen MR) is 104 cm³/mol. The Morgan fingerprint density at radius 1 is 1.12 bits per heavy atom. The van der Waals surface area contributed by atoms with Gasteiger partial charge in [0.15, 0.2) is 0 Å². The minimum Gasteiger partial charge on any atom is -0.321 e. The van der Waals surface area contributed by atoms with E-state index in [0.717, 1.165) is 22.0 Å². The van der Waals surface area contributed by atoms with E-state index in [0.29, 0.717) is 10.6 Å². The number of H-pyrrole nitrogens is 1. The highest BCUT2D eigenvalue weighted by molar-refractivity contribution is 7.89. The number of aromatic amines is 1. The molecule has 136 valence electrons. The fourth-order valence-corrected chi connectivity index (χ4v) is 4.13. The monoisotopic (exact) mass is 390 g/mol. The van der Waals surface area contributed by atoms with E-state index in [1.165, 1.54) is 12.1 Å². The Hall–Kier alpha value is -2.15. The molecule has 7 heteroatoms. The molecular formula is C19H19ClN2O3S. The smallest absolute Gasteiger partial charge is 0.251 e. The first-order valence-electron chi connectivity index (χ1n) is 8.15. The molecule has 1 aromatic heterocycles. The maximum absolute atomic E-state index is 12.3. The Morgan fingerprint density at radius 3 is 2.62 bits per heavy atom. The topological polar surface area (TPSA) is 79.0 Å². The molecular weight excluding hydrogens is 372 g/mol. The van der Waals surface area contributed by atoms with Gasteiger partial charge in [-0.15, -0.1) is 0 Å². The highest BCUT2D eigenvalue weighted by Gasteiger charge is 2.14. The lowest BCUT2D eigenvalue weighted by molar-refractivity contribution is 0.581. The van der Waals surface area contributed by atoms with E-state index in [1.807, 2.05) is 32.0 Å². The normalized spacial score (nSPS) is 11.8. The molecule has 0 aliphatic carbocycles. The molecule has 0 radical (unpaired) electrons. The van der Waals surface area contributed by atoms with Gasteiger partial charge < -0.3 is 4.98 Å². The molecule has 0 spiro atoms. The van der Waals surface area contributed by atoms with Crippen LogP contribution in [0.4, 0.5) is 0 Å². The molecule has 2 N–H and O–H groups in total. The van der Waals surface area contributed by atoms with Crippen molar-refractivity contribution in [3.63, 3.8) is 0 Å². The van der Waals surface area contributed by atoms with Gasteiger partial charge >= 0.3 is 0 Å². The van der Waals surface area contributed by atoms with Gasteiger partial charge in [0.1, 0.15) is 0 Å². The van der Waals surface area contributed by atoms with Crippen LogP contribution in [0, 0.1) is 13.8 Å². The third-order valence-corrected chi connectivity index (χ3v) is 6.11. The van der Waals surface area contributed by atoms with E-state index in [9.17, 15) is 13.2 Å². The summed E-state index contributed by atoms with van der Waals surface area (Å²) in [6.45, 7) is 4.08. The van der Waals surface area contributed by atoms with Gasteiger partial charge in [-0.2, -0.15) is 0 Å². The van der Waals surface area contributed by atoms with E-state index >= 15 is 0 Å². The Kier molecular flexibility index (Phi) is 5.18. The van der Waals surface area contributed by atoms with Crippen LogP contribution in [0.15, 0.2) is 52.2 Å². The van der Waals surface area contributed by atoms with Gasteiger partial charge in [0.05, 0.1) is 10.4 Å². The molecule has 2 aromatic carbocycles. The van der Waals surface area contributed by atoms with E-state index in [-0.39, 0.29) is 23.4 Å². The Bertz CT molecular complexity index is 1140. The first-order valence-corrected chi connectivity index (χ1v) is 10.0. The van der Waals surface area contributed by atoms with Gasteiger partial charge in [-0.1, -0.05) is 29.8 Å². The minimum atomic E-state index is -3.67. The van der Waals surface area contributed by atoms with Crippen LogP contribution >= 0.6 is 11.6 Å². The van der Waals surface area contributed by atoms with E-state index in [2.05, 4.69) is 9.71 Å². The number of rotatable bonds is 5. The number of fused-ring (bicyclic) bond motifs is 1. The van der Waals surface area contributed by atoms with Gasteiger partial charge in [0, 0.05) is 17.1 Å². The van der Waals surface area contributed by atoms with Crippen molar-refractivity contribution in [1.82, 2.24) is 9.71 Å². The van der Waals surface area contributed by atoms with Crippen LogP contribution in [0.1, 0.15) is 16.7 Å². The average Bonchev–Trinajstić information content (AvgIpc) is 2.59. The fraction of sp³-hybridized carbons (Fsp3) is 0.211. The van der Waals surface area contributed by atoms with Crippen molar-refractivity contribution in [2.24, 2.45) is 0 Å². The number of benzene rings is 2. The third kappa shape index (κ3) is 3.82. The standard InChI is InChI=1S/C19H19ClN2O3S/c1-12-6-7-14-10-15(19(23)22-18(14)13(12)2)8-9-21-26(24,25)17-5-3-4-16(20)11-17/h3-7,10-11,21H,8-9H2,1-2H3,(H,22,23). The van der Waals surface area contributed by atoms with Crippen LogP contribution in [0.25, 0.3) is 10.9 Å². The largest absolute Gasteiger partial charge is 0.321 e. The van der Waals surface area contributed by atoms with Crippen molar-refractivity contribution in [1.29, 1.82) is 0 Å². The predicted octanol–water partition coefficient (Wildman–Crippen LogP) is 3.32. The van der Waals surface area contributed by atoms with Crippen LogP contribution in [0.5, 0.6) is 0 Å². The highest BCUT2D eigenvalue weighted by Crippen LogP contribution is 2.19. The van der Waals surface area contributed by atoms with E-state index in [1.54, 1.807) is 12.1 Å². The lowest BCUT2D eigenvalue weighted by Crippen LogP contribution is -2.27. The molecule has 3 aromatic rings. The van der Waals surface area contributed by atoms with Crippen LogP contribution in [-0.4, -0.2) is 19.9 Å². The zero-order valence-electron chi connectivity index (χ0n) is 14.5. The summed E-state index contributed by atoms with van der Waals surface area (Å²) < 4.78 is 27.1. The molecule has 0 saturated carbocycles. The van der Waals surface area contributed by atoms with Gasteiger partial charge in [-0.3, -0.25) is 4.79 Å². The van der Waals surface area contributed by atoms with Crippen molar-refractivity contribution in [3.8, 4) is 0 Å². The highest BCUT2D eigenvalue weighted by atomic mass is 35.5. The molecule has 0 aliphatic rings. The molecule has 0 fully saturated rings. The second-order valence-corrected chi connectivity index (χ2v) is 8.40. The fourth-order valence-electron chi connectivity index (χ4n) is 2.79. The molecule has 0 aliphatic heterocycles. The summed E-state index contributed by atoms with van der Waals surface area (Å²) in [5, 5.41) is 1.28. The average molecular weight is 391 g/mol. The molecule has 0 amide bonds. The number of aromatic nitrogens is 1. The van der Waals surface area contributed by atoms with Crippen molar-refractivity contribution >= 4 is 32.5 Å². The summed E-state index contributed by atoms with van der Waals surface area (Å²) in [6.07, 6.45) is 0.290. The number of nitrogens with one attached hydrogen (secondary N) is 2. The molecule has 0 unspecified atom stereocenters. The van der Waals surface area contributed by atoms with E-state index < -0.39 is 10.0 Å². The molecule has 3 rings (SSSR count). The van der Waals surface area contributed by atoms with Crippen LogP contribution < -0.4 is 10.3 Å². The number of halogens is 1. The Morgan fingerprint density at radius 2 is 1.88 bits per heavy atom. The lowest BCUT2D eigenvalue weighted by Gasteiger charge is -2.09. The molecule has 1 heterocycles. The van der Waals surface area contributed by atoms with Crippen molar-refractivity contribution in [2.75, 3.05) is 6.54 Å². The summed E-state index contributed by atoms with van der Waals surface area (Å²) in [4.78, 5) is 15.3. The number of hydrogen-bond donors (Lipinski definition) is 2. The third-order valence-electron chi connectivity index (χ3n) is 4.42. The number of sulfonamides is 1. The quantitative estimate of drug-likeness (QED) is 0.701. The molecule has 0 saturated heterocycles. The first-order chi connectivity index (χ1) is 12.3. The second-order valence-electron chi connectivity index (χ2n) is 6.20.